The summed E-state index contributed by atoms with van der Waals surface area (Å²) in [5.74, 6) is 0.782. The third kappa shape index (κ3) is 1.61. The van der Waals surface area contributed by atoms with Crippen molar-refractivity contribution in [1.29, 1.82) is 0 Å². The van der Waals surface area contributed by atoms with Crippen molar-refractivity contribution in [2.75, 3.05) is 0 Å². The first-order valence-electron chi connectivity index (χ1n) is 4.34. The predicted molar refractivity (Wildman–Crippen MR) is 54.4 cm³/mol. The van der Waals surface area contributed by atoms with E-state index in [1.54, 1.807) is 17.7 Å². The third-order valence-corrected chi connectivity index (χ3v) is 2.70. The van der Waals surface area contributed by atoms with Gasteiger partial charge in [-0.3, -0.25) is 4.79 Å². The fourth-order valence-corrected chi connectivity index (χ4v) is 1.89. The number of Topliss-reactive ketones (excluding diaryl/α,β-unsaturated/α-hetero) is 1. The van der Waals surface area contributed by atoms with Gasteiger partial charge in [0, 0.05) is 11.8 Å². The maximum Gasteiger partial charge on any atom is 0.181 e. The number of thiazole rings is 1. The van der Waals surface area contributed by atoms with E-state index in [-0.39, 0.29) is 5.78 Å². The minimum atomic E-state index is 0.0686. The summed E-state index contributed by atoms with van der Waals surface area (Å²) in [4.78, 5) is 15.5. The van der Waals surface area contributed by atoms with Crippen LogP contribution < -0.4 is 0 Å². The average Bonchev–Trinajstić information content (AvgIpc) is 2.86. The number of rotatable bonds is 3. The molecular weight excluding hydrogens is 198 g/mol. The highest BCUT2D eigenvalue weighted by molar-refractivity contribution is 7.13. The zero-order chi connectivity index (χ0) is 9.97. The van der Waals surface area contributed by atoms with Gasteiger partial charge in [0.25, 0.3) is 0 Å². The summed E-state index contributed by atoms with van der Waals surface area (Å²) < 4.78 is 5.18. The molecule has 72 valence electrons. The lowest BCUT2D eigenvalue weighted by Gasteiger charge is -1.88. The molecule has 0 bridgehead atoms. The molecule has 0 saturated heterocycles. The van der Waals surface area contributed by atoms with Crippen LogP contribution >= 0.6 is 11.3 Å². The van der Waals surface area contributed by atoms with Crippen molar-refractivity contribution < 1.29 is 9.21 Å². The van der Waals surface area contributed by atoms with Crippen molar-refractivity contribution >= 4 is 17.1 Å². The standard InChI is InChI=1S/C10H9NO2S/c1-2-8(12)7-6-14-10(11-7)9-4-3-5-13-9/h3-6H,2H2,1H3. The molecule has 0 aliphatic heterocycles. The van der Waals surface area contributed by atoms with Crippen LogP contribution in [0.1, 0.15) is 23.8 Å². The van der Waals surface area contributed by atoms with Gasteiger partial charge in [-0.1, -0.05) is 6.92 Å². The molecule has 0 radical (unpaired) electrons. The first-order chi connectivity index (χ1) is 6.81. The highest BCUT2D eigenvalue weighted by Gasteiger charge is 2.10. The molecule has 0 aliphatic rings. The molecule has 2 rings (SSSR count). The van der Waals surface area contributed by atoms with Gasteiger partial charge >= 0.3 is 0 Å². The Morgan fingerprint density at radius 3 is 3.14 bits per heavy atom. The number of hydrogen-bond donors (Lipinski definition) is 0. The summed E-state index contributed by atoms with van der Waals surface area (Å²) >= 11 is 1.43. The van der Waals surface area contributed by atoms with E-state index in [1.165, 1.54) is 11.3 Å². The fourth-order valence-electron chi connectivity index (χ4n) is 1.10. The van der Waals surface area contributed by atoms with Gasteiger partial charge in [0.1, 0.15) is 5.69 Å². The Labute approximate surface area is 85.4 Å². The molecule has 2 heterocycles. The molecule has 0 atom stereocenters. The number of ketones is 1. The topological polar surface area (TPSA) is 43.1 Å². The van der Waals surface area contributed by atoms with Crippen LogP contribution in [0.25, 0.3) is 10.8 Å². The van der Waals surface area contributed by atoms with E-state index >= 15 is 0 Å². The largest absolute Gasteiger partial charge is 0.462 e. The van der Waals surface area contributed by atoms with E-state index in [4.69, 9.17) is 4.42 Å². The molecule has 2 aromatic rings. The van der Waals surface area contributed by atoms with Crippen LogP contribution in [0, 0.1) is 0 Å². The lowest BCUT2D eigenvalue weighted by Crippen LogP contribution is -1.95. The van der Waals surface area contributed by atoms with Crippen molar-refractivity contribution in [2.24, 2.45) is 0 Å². The Hall–Kier alpha value is -1.42. The van der Waals surface area contributed by atoms with Gasteiger partial charge in [0.15, 0.2) is 16.6 Å². The van der Waals surface area contributed by atoms with E-state index in [1.807, 2.05) is 13.0 Å². The summed E-state index contributed by atoms with van der Waals surface area (Å²) in [5, 5.41) is 2.52. The molecule has 3 nitrogen and oxygen atoms in total. The van der Waals surface area contributed by atoms with Gasteiger partial charge in [-0.15, -0.1) is 11.3 Å². The SMILES string of the molecule is CCC(=O)c1csc(-c2ccco2)n1. The molecule has 2 aromatic heterocycles. The van der Waals surface area contributed by atoms with Crippen molar-refractivity contribution in [3.63, 3.8) is 0 Å². The van der Waals surface area contributed by atoms with Crippen molar-refractivity contribution in [1.82, 2.24) is 4.98 Å². The average molecular weight is 207 g/mol. The zero-order valence-corrected chi connectivity index (χ0v) is 8.50. The van der Waals surface area contributed by atoms with Crippen LogP contribution in [0.2, 0.25) is 0 Å². The van der Waals surface area contributed by atoms with E-state index in [2.05, 4.69) is 4.98 Å². The summed E-state index contributed by atoms with van der Waals surface area (Å²) in [7, 11) is 0. The Kier molecular flexibility index (Phi) is 2.45. The molecule has 0 unspecified atom stereocenters. The summed E-state index contributed by atoms with van der Waals surface area (Å²) in [6.45, 7) is 1.83. The molecular formula is C10H9NO2S. The minimum Gasteiger partial charge on any atom is -0.462 e. The molecule has 0 N–H and O–H groups in total. The van der Waals surface area contributed by atoms with Gasteiger partial charge in [0.05, 0.1) is 6.26 Å². The number of hydrogen-bond acceptors (Lipinski definition) is 4. The van der Waals surface area contributed by atoms with Crippen molar-refractivity contribution in [3.8, 4) is 10.8 Å². The normalized spacial score (nSPS) is 10.4. The molecule has 4 heteroatoms. The lowest BCUT2D eigenvalue weighted by atomic mass is 10.2. The maximum atomic E-state index is 11.3. The number of carbonyl (C=O) groups excluding carboxylic acids is 1. The molecule has 0 aliphatic carbocycles. The second-order valence-corrected chi connectivity index (χ2v) is 3.65. The smallest absolute Gasteiger partial charge is 0.181 e. The zero-order valence-electron chi connectivity index (χ0n) is 7.69. The van der Waals surface area contributed by atoms with Gasteiger partial charge in [-0.25, -0.2) is 4.98 Å². The van der Waals surface area contributed by atoms with E-state index < -0.39 is 0 Å². The first kappa shape index (κ1) is 9.15. The quantitative estimate of drug-likeness (QED) is 0.726. The summed E-state index contributed by atoms with van der Waals surface area (Å²) in [6, 6.07) is 3.64. The van der Waals surface area contributed by atoms with Crippen LogP contribution in [0.4, 0.5) is 0 Å². The van der Waals surface area contributed by atoms with Crippen molar-refractivity contribution in [3.05, 3.63) is 29.5 Å². The van der Waals surface area contributed by atoms with Crippen LogP contribution in [-0.4, -0.2) is 10.8 Å². The Morgan fingerprint density at radius 2 is 2.50 bits per heavy atom. The maximum absolute atomic E-state index is 11.3. The molecule has 0 aromatic carbocycles. The van der Waals surface area contributed by atoms with Crippen LogP contribution in [0.15, 0.2) is 28.2 Å². The second-order valence-electron chi connectivity index (χ2n) is 2.79. The predicted octanol–water partition coefficient (Wildman–Crippen LogP) is 3.00. The highest BCUT2D eigenvalue weighted by atomic mass is 32.1. The highest BCUT2D eigenvalue weighted by Crippen LogP contribution is 2.24. The fraction of sp³-hybridized carbons (Fsp3) is 0.200. The number of nitrogens with zero attached hydrogens (tertiary/aromatic N) is 1. The number of aromatic nitrogens is 1. The third-order valence-electron chi connectivity index (χ3n) is 1.84. The lowest BCUT2D eigenvalue weighted by molar-refractivity contribution is 0.0984. The Bertz CT molecular complexity index is 431. The summed E-state index contributed by atoms with van der Waals surface area (Å²) in [5.41, 5.74) is 0.531. The molecule has 0 spiro atoms. The molecule has 0 saturated carbocycles. The van der Waals surface area contributed by atoms with Crippen LogP contribution in [-0.2, 0) is 0 Å². The van der Waals surface area contributed by atoms with Gasteiger partial charge in [0.2, 0.25) is 0 Å². The monoisotopic (exact) mass is 207 g/mol. The van der Waals surface area contributed by atoms with Crippen molar-refractivity contribution in [2.45, 2.75) is 13.3 Å². The van der Waals surface area contributed by atoms with Crippen LogP contribution in [0.5, 0.6) is 0 Å². The minimum absolute atomic E-state index is 0.0686. The van der Waals surface area contributed by atoms with Gasteiger partial charge in [-0.2, -0.15) is 0 Å². The van der Waals surface area contributed by atoms with Crippen LogP contribution in [0.3, 0.4) is 0 Å². The van der Waals surface area contributed by atoms with Gasteiger partial charge in [-0.05, 0) is 12.1 Å². The van der Waals surface area contributed by atoms with E-state index in [9.17, 15) is 4.79 Å². The Morgan fingerprint density at radius 1 is 1.64 bits per heavy atom. The second kappa shape index (κ2) is 3.75. The summed E-state index contributed by atoms with van der Waals surface area (Å²) in [6.07, 6.45) is 2.08. The first-order valence-corrected chi connectivity index (χ1v) is 5.22. The Balaban J connectivity index is 2.31. The van der Waals surface area contributed by atoms with E-state index in [0.717, 1.165) is 5.01 Å². The van der Waals surface area contributed by atoms with E-state index in [0.29, 0.717) is 17.9 Å². The number of furan rings is 1. The molecule has 14 heavy (non-hydrogen) atoms. The molecule has 0 fully saturated rings. The molecule has 0 amide bonds. The van der Waals surface area contributed by atoms with Gasteiger partial charge < -0.3 is 4.42 Å². The number of carbonyl (C=O) groups is 1.